The van der Waals surface area contributed by atoms with E-state index in [0.29, 0.717) is 5.92 Å². The summed E-state index contributed by atoms with van der Waals surface area (Å²) in [5.41, 5.74) is 1.35. The maximum Gasteiger partial charge on any atom is 0.122 e. The minimum atomic E-state index is 0.678. The number of hydrogen-bond donors (Lipinski definition) is 1. The molecule has 21 heavy (non-hydrogen) atoms. The Morgan fingerprint density at radius 2 is 1.95 bits per heavy atom. The number of furan rings is 1. The van der Waals surface area contributed by atoms with Crippen LogP contribution in [-0.2, 0) is 13.1 Å². The maximum atomic E-state index is 5.67. The molecular formula is C18H32N2O. The molecule has 1 heterocycles. The molecular weight excluding hydrogens is 260 g/mol. The predicted molar refractivity (Wildman–Crippen MR) is 88.2 cm³/mol. The lowest BCUT2D eigenvalue weighted by Gasteiger charge is -2.27. The molecule has 0 atom stereocenters. The summed E-state index contributed by atoms with van der Waals surface area (Å²) < 4.78 is 5.67. The fraction of sp³-hybridized carbons (Fsp3) is 0.778. The fourth-order valence-electron chi connectivity index (χ4n) is 3.23. The largest absolute Gasteiger partial charge is 0.468 e. The number of nitrogens with one attached hydrogen (secondary N) is 1. The molecule has 1 fully saturated rings. The van der Waals surface area contributed by atoms with Gasteiger partial charge in [-0.05, 0) is 38.4 Å². The van der Waals surface area contributed by atoms with Crippen LogP contribution in [0.3, 0.4) is 0 Å². The Morgan fingerprint density at radius 1 is 1.24 bits per heavy atom. The number of rotatable bonds is 7. The Bertz CT molecular complexity index is 392. The molecule has 1 N–H and O–H groups in total. The minimum absolute atomic E-state index is 0.678. The molecule has 0 aliphatic heterocycles. The second-order valence-electron chi connectivity index (χ2n) is 6.95. The third-order valence-electron chi connectivity index (χ3n) is 4.54. The van der Waals surface area contributed by atoms with Crippen LogP contribution in [-0.4, -0.2) is 24.5 Å². The Hall–Kier alpha value is -0.800. The molecule has 0 aromatic carbocycles. The van der Waals surface area contributed by atoms with Crippen LogP contribution in [0.15, 0.2) is 16.7 Å². The average molecular weight is 292 g/mol. The van der Waals surface area contributed by atoms with Gasteiger partial charge in [-0.1, -0.05) is 39.5 Å². The van der Waals surface area contributed by atoms with Crippen molar-refractivity contribution in [3.8, 4) is 0 Å². The molecule has 0 radical (unpaired) electrons. The first-order chi connectivity index (χ1) is 10.2. The van der Waals surface area contributed by atoms with Crippen LogP contribution < -0.4 is 5.32 Å². The highest BCUT2D eigenvalue weighted by molar-refractivity contribution is 5.17. The maximum absolute atomic E-state index is 5.67. The van der Waals surface area contributed by atoms with Gasteiger partial charge in [0.2, 0.25) is 0 Å². The van der Waals surface area contributed by atoms with E-state index < -0.39 is 0 Å². The molecule has 0 saturated heterocycles. The van der Waals surface area contributed by atoms with Crippen molar-refractivity contribution < 1.29 is 4.42 Å². The Labute approximate surface area is 130 Å². The first-order valence-electron chi connectivity index (χ1n) is 8.63. The van der Waals surface area contributed by atoms with E-state index in [1.54, 1.807) is 0 Å². The van der Waals surface area contributed by atoms with Crippen LogP contribution in [0.1, 0.15) is 63.7 Å². The van der Waals surface area contributed by atoms with Crippen LogP contribution in [0.2, 0.25) is 0 Å². The summed E-state index contributed by atoms with van der Waals surface area (Å²) in [6, 6.07) is 2.89. The summed E-state index contributed by atoms with van der Waals surface area (Å²) in [5, 5.41) is 3.48. The van der Waals surface area contributed by atoms with Crippen LogP contribution >= 0.6 is 0 Å². The lowest BCUT2D eigenvalue weighted by atomic mass is 10.1. The smallest absolute Gasteiger partial charge is 0.122 e. The van der Waals surface area contributed by atoms with E-state index in [2.05, 4.69) is 37.2 Å². The summed E-state index contributed by atoms with van der Waals surface area (Å²) in [5.74, 6) is 1.79. The topological polar surface area (TPSA) is 28.4 Å². The zero-order chi connectivity index (χ0) is 15.1. The summed E-state index contributed by atoms with van der Waals surface area (Å²) in [6.07, 6.45) is 10.2. The Morgan fingerprint density at radius 3 is 2.62 bits per heavy atom. The molecule has 3 heteroatoms. The molecule has 120 valence electrons. The fourth-order valence-corrected chi connectivity index (χ4v) is 3.23. The van der Waals surface area contributed by atoms with Crippen molar-refractivity contribution in [2.75, 3.05) is 13.6 Å². The standard InChI is InChI=1S/C18H32N2O/c1-15(2)12-19-13-18-16(10-11-21-18)14-20(3)17-8-6-4-5-7-9-17/h10-11,15,17,19H,4-9,12-14H2,1-3H3. The van der Waals surface area contributed by atoms with Crippen LogP contribution in [0.4, 0.5) is 0 Å². The molecule has 3 nitrogen and oxygen atoms in total. The van der Waals surface area contributed by atoms with Crippen molar-refractivity contribution in [1.82, 2.24) is 10.2 Å². The van der Waals surface area contributed by atoms with E-state index in [1.807, 2.05) is 6.26 Å². The normalized spacial score (nSPS) is 17.6. The van der Waals surface area contributed by atoms with E-state index in [9.17, 15) is 0 Å². The molecule has 1 aliphatic rings. The van der Waals surface area contributed by atoms with Gasteiger partial charge in [0.25, 0.3) is 0 Å². The number of nitrogens with zero attached hydrogens (tertiary/aromatic N) is 1. The Balaban J connectivity index is 1.85. The van der Waals surface area contributed by atoms with Crippen molar-refractivity contribution in [2.24, 2.45) is 5.92 Å². The third kappa shape index (κ3) is 5.48. The predicted octanol–water partition coefficient (Wildman–Crippen LogP) is 4.18. The van der Waals surface area contributed by atoms with Crippen molar-refractivity contribution >= 4 is 0 Å². The quantitative estimate of drug-likeness (QED) is 0.764. The van der Waals surface area contributed by atoms with Crippen molar-refractivity contribution in [3.63, 3.8) is 0 Å². The summed E-state index contributed by atoms with van der Waals surface area (Å²) >= 11 is 0. The number of hydrogen-bond acceptors (Lipinski definition) is 3. The molecule has 2 rings (SSSR count). The van der Waals surface area contributed by atoms with Gasteiger partial charge in [0.1, 0.15) is 5.76 Å². The van der Waals surface area contributed by atoms with Gasteiger partial charge in [-0.3, -0.25) is 4.90 Å². The van der Waals surface area contributed by atoms with Gasteiger partial charge in [0.15, 0.2) is 0 Å². The van der Waals surface area contributed by atoms with Crippen LogP contribution in [0, 0.1) is 5.92 Å². The first kappa shape index (κ1) is 16.6. The molecule has 0 bridgehead atoms. The summed E-state index contributed by atoms with van der Waals surface area (Å²) in [6.45, 7) is 7.36. The SMILES string of the molecule is CC(C)CNCc1occc1CN(C)C1CCCCCC1. The molecule has 0 unspecified atom stereocenters. The minimum Gasteiger partial charge on any atom is -0.468 e. The lowest BCUT2D eigenvalue weighted by Crippen LogP contribution is -2.31. The lowest BCUT2D eigenvalue weighted by molar-refractivity contribution is 0.211. The van der Waals surface area contributed by atoms with E-state index in [1.165, 1.54) is 44.1 Å². The summed E-state index contributed by atoms with van der Waals surface area (Å²) in [7, 11) is 2.27. The highest BCUT2D eigenvalue weighted by Crippen LogP contribution is 2.23. The van der Waals surface area contributed by atoms with Gasteiger partial charge < -0.3 is 9.73 Å². The highest BCUT2D eigenvalue weighted by Gasteiger charge is 2.18. The van der Waals surface area contributed by atoms with Gasteiger partial charge in [-0.2, -0.15) is 0 Å². The van der Waals surface area contributed by atoms with Gasteiger partial charge in [0.05, 0.1) is 12.8 Å². The van der Waals surface area contributed by atoms with Crippen LogP contribution in [0.25, 0.3) is 0 Å². The zero-order valence-electron chi connectivity index (χ0n) is 14.0. The molecule has 1 aliphatic carbocycles. The molecule has 0 amide bonds. The molecule has 1 saturated carbocycles. The van der Waals surface area contributed by atoms with Crippen molar-refractivity contribution in [1.29, 1.82) is 0 Å². The van der Waals surface area contributed by atoms with E-state index in [0.717, 1.165) is 31.4 Å². The zero-order valence-corrected chi connectivity index (χ0v) is 14.0. The van der Waals surface area contributed by atoms with Gasteiger partial charge in [0, 0.05) is 18.2 Å². The second-order valence-corrected chi connectivity index (χ2v) is 6.95. The van der Waals surface area contributed by atoms with Gasteiger partial charge >= 0.3 is 0 Å². The van der Waals surface area contributed by atoms with Crippen molar-refractivity contribution in [3.05, 3.63) is 23.7 Å². The van der Waals surface area contributed by atoms with Crippen LogP contribution in [0.5, 0.6) is 0 Å². The first-order valence-corrected chi connectivity index (χ1v) is 8.63. The van der Waals surface area contributed by atoms with Crippen molar-refractivity contribution in [2.45, 2.75) is 71.5 Å². The van der Waals surface area contributed by atoms with Gasteiger partial charge in [-0.15, -0.1) is 0 Å². The summed E-state index contributed by atoms with van der Waals surface area (Å²) in [4.78, 5) is 2.53. The molecule has 1 aromatic heterocycles. The monoisotopic (exact) mass is 292 g/mol. The molecule has 0 spiro atoms. The van der Waals surface area contributed by atoms with Gasteiger partial charge in [-0.25, -0.2) is 0 Å². The average Bonchev–Trinajstić information content (AvgIpc) is 2.72. The Kier molecular flexibility index (Phi) is 6.78. The van der Waals surface area contributed by atoms with E-state index in [4.69, 9.17) is 4.42 Å². The molecule has 1 aromatic rings. The van der Waals surface area contributed by atoms with E-state index in [-0.39, 0.29) is 0 Å². The second kappa shape index (κ2) is 8.60. The van der Waals surface area contributed by atoms with E-state index >= 15 is 0 Å². The highest BCUT2D eigenvalue weighted by atomic mass is 16.3. The third-order valence-corrected chi connectivity index (χ3v) is 4.54.